The quantitative estimate of drug-likeness (QED) is 0.875. The number of alkyl halides is 3. The minimum atomic E-state index is -4.69. The van der Waals surface area contributed by atoms with E-state index in [-0.39, 0.29) is 12.3 Å². The van der Waals surface area contributed by atoms with E-state index in [4.69, 9.17) is 11.6 Å². The monoisotopic (exact) mass is 315 g/mol. The Morgan fingerprint density at radius 2 is 1.62 bits per heavy atom. The smallest absolute Gasteiger partial charge is 0.405 e. The molecule has 0 fully saturated rings. The van der Waals surface area contributed by atoms with Crippen molar-refractivity contribution < 1.29 is 17.9 Å². The fourth-order valence-corrected chi connectivity index (χ4v) is 1.94. The predicted molar refractivity (Wildman–Crippen MR) is 75.1 cm³/mol. The number of halogens is 4. The molecule has 2 nitrogen and oxygen atoms in total. The maximum atomic E-state index is 12.3. The molecule has 2 aromatic rings. The first-order valence-electron chi connectivity index (χ1n) is 6.23. The van der Waals surface area contributed by atoms with Gasteiger partial charge in [-0.25, -0.2) is 0 Å². The first-order valence-corrected chi connectivity index (χ1v) is 6.61. The summed E-state index contributed by atoms with van der Waals surface area (Å²) < 4.78 is 40.9. The third kappa shape index (κ3) is 5.28. The van der Waals surface area contributed by atoms with Crippen LogP contribution < -0.4 is 10.1 Å². The highest BCUT2D eigenvalue weighted by atomic mass is 35.5. The van der Waals surface area contributed by atoms with Crippen molar-refractivity contribution in [1.29, 1.82) is 0 Å². The molecule has 0 amide bonds. The Morgan fingerprint density at radius 3 is 2.29 bits per heavy atom. The van der Waals surface area contributed by atoms with Crippen molar-refractivity contribution in [3.63, 3.8) is 0 Å². The number of hydrogen-bond acceptors (Lipinski definition) is 2. The van der Waals surface area contributed by atoms with Gasteiger partial charge in [0.15, 0.2) is 0 Å². The summed E-state index contributed by atoms with van der Waals surface area (Å²) in [6, 6.07) is 13.3. The SMILES string of the molecule is FC(F)(F)Oc1ccccc1CNCc1ccc(Cl)cc1. The number of benzene rings is 2. The molecule has 112 valence electrons. The zero-order chi connectivity index (χ0) is 15.3. The Hall–Kier alpha value is -1.72. The van der Waals surface area contributed by atoms with E-state index < -0.39 is 6.36 Å². The second-order valence-electron chi connectivity index (χ2n) is 4.39. The number of hydrogen-bond donors (Lipinski definition) is 1. The summed E-state index contributed by atoms with van der Waals surface area (Å²) >= 11 is 5.78. The van der Waals surface area contributed by atoms with Crippen molar-refractivity contribution in [3.8, 4) is 5.75 Å². The van der Waals surface area contributed by atoms with Crippen LogP contribution in [0.4, 0.5) is 13.2 Å². The molecule has 0 saturated carbocycles. The van der Waals surface area contributed by atoms with Gasteiger partial charge in [-0.3, -0.25) is 0 Å². The number of ether oxygens (including phenoxy) is 1. The van der Waals surface area contributed by atoms with E-state index in [0.29, 0.717) is 17.1 Å². The van der Waals surface area contributed by atoms with Crippen molar-refractivity contribution in [2.45, 2.75) is 19.5 Å². The van der Waals surface area contributed by atoms with Crippen LogP contribution in [0.1, 0.15) is 11.1 Å². The Balaban J connectivity index is 1.95. The largest absolute Gasteiger partial charge is 0.573 e. The average Bonchev–Trinajstić information content (AvgIpc) is 2.41. The average molecular weight is 316 g/mol. The lowest BCUT2D eigenvalue weighted by molar-refractivity contribution is -0.274. The Kier molecular flexibility index (Phi) is 5.09. The molecule has 6 heteroatoms. The third-order valence-corrected chi connectivity index (χ3v) is 3.01. The van der Waals surface area contributed by atoms with Gasteiger partial charge in [-0.2, -0.15) is 0 Å². The second kappa shape index (κ2) is 6.83. The lowest BCUT2D eigenvalue weighted by Crippen LogP contribution is -2.20. The lowest BCUT2D eigenvalue weighted by Gasteiger charge is -2.13. The zero-order valence-electron chi connectivity index (χ0n) is 11.0. The van der Waals surface area contributed by atoms with Crippen LogP contribution in [0.25, 0.3) is 0 Å². The summed E-state index contributed by atoms with van der Waals surface area (Å²) in [6.07, 6.45) is -4.69. The maximum absolute atomic E-state index is 12.3. The van der Waals surface area contributed by atoms with E-state index in [0.717, 1.165) is 5.56 Å². The molecule has 0 unspecified atom stereocenters. The minimum Gasteiger partial charge on any atom is -0.405 e. The minimum absolute atomic E-state index is 0.186. The van der Waals surface area contributed by atoms with Crippen LogP contribution in [0.3, 0.4) is 0 Å². The molecule has 0 spiro atoms. The van der Waals surface area contributed by atoms with Gasteiger partial charge in [0, 0.05) is 23.7 Å². The highest BCUT2D eigenvalue weighted by Gasteiger charge is 2.31. The second-order valence-corrected chi connectivity index (χ2v) is 4.82. The maximum Gasteiger partial charge on any atom is 0.573 e. The Labute approximate surface area is 125 Å². The molecule has 2 aromatic carbocycles. The van der Waals surface area contributed by atoms with Gasteiger partial charge in [-0.15, -0.1) is 13.2 Å². The standard InChI is InChI=1S/C15H13ClF3NO/c16-13-7-5-11(6-8-13)9-20-10-12-3-1-2-4-14(12)21-15(17,18)19/h1-8,20H,9-10H2. The van der Waals surface area contributed by atoms with Gasteiger partial charge in [0.25, 0.3) is 0 Å². The highest BCUT2D eigenvalue weighted by Crippen LogP contribution is 2.26. The van der Waals surface area contributed by atoms with Crippen LogP contribution >= 0.6 is 11.6 Å². The van der Waals surface area contributed by atoms with Crippen LogP contribution in [0.15, 0.2) is 48.5 Å². The molecular formula is C15H13ClF3NO. The Bertz CT molecular complexity index is 584. The van der Waals surface area contributed by atoms with Crippen LogP contribution in [0.5, 0.6) is 5.75 Å². The molecule has 0 aliphatic rings. The molecule has 0 saturated heterocycles. The molecule has 0 radical (unpaired) electrons. The first-order chi connectivity index (χ1) is 9.94. The fourth-order valence-electron chi connectivity index (χ4n) is 1.82. The first kappa shape index (κ1) is 15.7. The van der Waals surface area contributed by atoms with Gasteiger partial charge in [0.05, 0.1) is 0 Å². The number of nitrogens with one attached hydrogen (secondary N) is 1. The van der Waals surface area contributed by atoms with Crippen molar-refractivity contribution in [3.05, 3.63) is 64.7 Å². The number of para-hydroxylation sites is 1. The van der Waals surface area contributed by atoms with E-state index >= 15 is 0 Å². The van der Waals surface area contributed by atoms with Gasteiger partial charge in [-0.05, 0) is 23.8 Å². The summed E-state index contributed by atoms with van der Waals surface area (Å²) in [5, 5.41) is 3.71. The van der Waals surface area contributed by atoms with Gasteiger partial charge in [-0.1, -0.05) is 41.9 Å². The normalized spacial score (nSPS) is 11.4. The molecule has 0 aliphatic carbocycles. The summed E-state index contributed by atoms with van der Waals surface area (Å²) in [4.78, 5) is 0. The fraction of sp³-hybridized carbons (Fsp3) is 0.200. The summed E-state index contributed by atoms with van der Waals surface area (Å²) in [6.45, 7) is 0.798. The molecular weight excluding hydrogens is 303 g/mol. The van der Waals surface area contributed by atoms with Crippen LogP contribution in [0, 0.1) is 0 Å². The summed E-state index contributed by atoms with van der Waals surface area (Å²) in [5.41, 5.74) is 1.44. The van der Waals surface area contributed by atoms with Gasteiger partial charge < -0.3 is 10.1 Å². The highest BCUT2D eigenvalue weighted by molar-refractivity contribution is 6.30. The van der Waals surface area contributed by atoms with Crippen molar-refractivity contribution in [2.75, 3.05) is 0 Å². The number of rotatable bonds is 5. The van der Waals surface area contributed by atoms with Crippen LogP contribution in [0.2, 0.25) is 5.02 Å². The summed E-state index contributed by atoms with van der Waals surface area (Å²) in [5.74, 6) is -0.186. The van der Waals surface area contributed by atoms with Crippen LogP contribution in [-0.4, -0.2) is 6.36 Å². The van der Waals surface area contributed by atoms with E-state index in [1.807, 2.05) is 12.1 Å². The molecule has 0 bridgehead atoms. The van der Waals surface area contributed by atoms with Crippen molar-refractivity contribution >= 4 is 11.6 Å². The lowest BCUT2D eigenvalue weighted by atomic mass is 10.2. The van der Waals surface area contributed by atoms with E-state index in [1.54, 1.807) is 24.3 Å². The molecule has 0 heterocycles. The molecule has 0 aromatic heterocycles. The molecule has 0 aliphatic heterocycles. The topological polar surface area (TPSA) is 21.3 Å². The van der Waals surface area contributed by atoms with Gasteiger partial charge in [0.1, 0.15) is 5.75 Å². The van der Waals surface area contributed by atoms with Crippen molar-refractivity contribution in [1.82, 2.24) is 5.32 Å². The zero-order valence-corrected chi connectivity index (χ0v) is 11.7. The third-order valence-electron chi connectivity index (χ3n) is 2.76. The molecule has 1 N–H and O–H groups in total. The van der Waals surface area contributed by atoms with E-state index in [2.05, 4.69) is 10.1 Å². The van der Waals surface area contributed by atoms with E-state index in [1.165, 1.54) is 12.1 Å². The molecule has 2 rings (SSSR count). The molecule has 21 heavy (non-hydrogen) atoms. The van der Waals surface area contributed by atoms with Gasteiger partial charge >= 0.3 is 6.36 Å². The van der Waals surface area contributed by atoms with E-state index in [9.17, 15) is 13.2 Å². The summed E-state index contributed by atoms with van der Waals surface area (Å²) in [7, 11) is 0. The predicted octanol–water partition coefficient (Wildman–Crippen LogP) is 4.53. The van der Waals surface area contributed by atoms with Crippen LogP contribution in [-0.2, 0) is 13.1 Å². The van der Waals surface area contributed by atoms with Crippen molar-refractivity contribution in [2.24, 2.45) is 0 Å². The Morgan fingerprint density at radius 1 is 0.952 bits per heavy atom. The molecule has 0 atom stereocenters. The van der Waals surface area contributed by atoms with Gasteiger partial charge in [0.2, 0.25) is 0 Å².